The minimum atomic E-state index is -4.37. The predicted molar refractivity (Wildman–Crippen MR) is 87.2 cm³/mol. The summed E-state index contributed by atoms with van der Waals surface area (Å²) in [5.41, 5.74) is -0.0870. The first kappa shape index (κ1) is 19.7. The molecule has 140 valence electrons. The average Bonchev–Trinajstić information content (AvgIpc) is 2.58. The van der Waals surface area contributed by atoms with E-state index in [1.165, 1.54) is 12.1 Å². The van der Waals surface area contributed by atoms with Crippen LogP contribution in [0.2, 0.25) is 0 Å². The number of rotatable bonds is 7. The second kappa shape index (κ2) is 8.67. The Labute approximate surface area is 145 Å². The fourth-order valence-electron chi connectivity index (χ4n) is 3.31. The van der Waals surface area contributed by atoms with Crippen molar-refractivity contribution in [3.05, 3.63) is 35.4 Å². The van der Waals surface area contributed by atoms with Crippen LogP contribution in [0.15, 0.2) is 24.3 Å². The number of alkyl halides is 3. The molecule has 0 radical (unpaired) electrons. The van der Waals surface area contributed by atoms with Crippen LogP contribution in [0, 0.1) is 5.92 Å². The number of methoxy groups -OCH3 is 1. The molecule has 1 aromatic rings. The fraction of sp³-hybridized carbons (Fsp3) is 0.611. The number of carbonyl (C=O) groups is 1. The summed E-state index contributed by atoms with van der Waals surface area (Å²) in [7, 11) is 1.56. The highest BCUT2D eigenvalue weighted by Gasteiger charge is 2.32. The van der Waals surface area contributed by atoms with Gasteiger partial charge in [0.2, 0.25) is 0 Å². The van der Waals surface area contributed by atoms with Crippen molar-refractivity contribution in [3.63, 3.8) is 0 Å². The van der Waals surface area contributed by atoms with E-state index in [0.29, 0.717) is 44.3 Å². The van der Waals surface area contributed by atoms with Gasteiger partial charge in [0.1, 0.15) is 0 Å². The molecule has 0 spiro atoms. The Morgan fingerprint density at radius 1 is 1.32 bits per heavy atom. The lowest BCUT2D eigenvalue weighted by atomic mass is 9.85. The van der Waals surface area contributed by atoms with Gasteiger partial charge in [-0.15, -0.1) is 0 Å². The van der Waals surface area contributed by atoms with Crippen LogP contribution < -0.4 is 5.32 Å². The monoisotopic (exact) mass is 359 g/mol. The van der Waals surface area contributed by atoms with Gasteiger partial charge in [0.05, 0.1) is 11.5 Å². The van der Waals surface area contributed by atoms with Crippen LogP contribution in [0.5, 0.6) is 0 Å². The van der Waals surface area contributed by atoms with E-state index >= 15 is 0 Å². The smallest absolute Gasteiger partial charge is 0.416 e. The number of ether oxygens (including phenoxy) is 1. The number of halogens is 3. The molecule has 0 bridgehead atoms. The molecule has 1 aromatic carbocycles. The molecule has 0 saturated heterocycles. The van der Waals surface area contributed by atoms with Gasteiger partial charge in [-0.3, -0.25) is 4.79 Å². The van der Waals surface area contributed by atoms with E-state index in [4.69, 9.17) is 9.84 Å². The fourth-order valence-corrected chi connectivity index (χ4v) is 3.31. The minimum absolute atomic E-state index is 0.104. The van der Waals surface area contributed by atoms with Gasteiger partial charge in [-0.1, -0.05) is 12.1 Å². The van der Waals surface area contributed by atoms with E-state index < -0.39 is 17.7 Å². The third-order valence-corrected chi connectivity index (χ3v) is 4.74. The quantitative estimate of drug-likeness (QED) is 0.772. The highest BCUT2D eigenvalue weighted by atomic mass is 19.4. The Bertz CT molecular complexity index is 569. The van der Waals surface area contributed by atoms with Crippen molar-refractivity contribution >= 4 is 5.97 Å². The molecule has 1 saturated carbocycles. The molecule has 1 aliphatic rings. The topological polar surface area (TPSA) is 58.6 Å². The molecule has 2 N–H and O–H groups in total. The highest BCUT2D eigenvalue weighted by Crippen LogP contribution is 2.32. The van der Waals surface area contributed by atoms with Gasteiger partial charge in [0, 0.05) is 25.8 Å². The van der Waals surface area contributed by atoms with Crippen LogP contribution >= 0.6 is 0 Å². The normalized spacial score (nSPS) is 22.6. The van der Waals surface area contributed by atoms with Crippen LogP contribution in [-0.2, 0) is 15.7 Å². The molecule has 25 heavy (non-hydrogen) atoms. The first-order valence-corrected chi connectivity index (χ1v) is 8.46. The largest absolute Gasteiger partial charge is 0.481 e. The van der Waals surface area contributed by atoms with Crippen molar-refractivity contribution in [2.75, 3.05) is 13.7 Å². The zero-order valence-electron chi connectivity index (χ0n) is 14.2. The maximum Gasteiger partial charge on any atom is 0.416 e. The summed E-state index contributed by atoms with van der Waals surface area (Å²) in [4.78, 5) is 11.0. The lowest BCUT2D eigenvalue weighted by molar-refractivity contribution is -0.143. The molecule has 0 heterocycles. The number of hydrogen-bond donors (Lipinski definition) is 2. The van der Waals surface area contributed by atoms with E-state index in [-0.39, 0.29) is 18.0 Å². The number of carboxylic acid groups (broad SMARTS) is 1. The molecule has 0 aliphatic heterocycles. The van der Waals surface area contributed by atoms with E-state index in [1.807, 2.05) is 0 Å². The van der Waals surface area contributed by atoms with Crippen LogP contribution in [0.4, 0.5) is 13.2 Å². The predicted octanol–water partition coefficient (Wildman–Crippen LogP) is 4.02. The Balaban J connectivity index is 2.08. The molecule has 1 unspecified atom stereocenters. The molecular weight excluding hydrogens is 335 g/mol. The number of aliphatic carboxylic acids is 1. The molecule has 1 aliphatic carbocycles. The first-order valence-electron chi connectivity index (χ1n) is 8.46. The van der Waals surface area contributed by atoms with Crippen molar-refractivity contribution in [3.8, 4) is 0 Å². The molecule has 0 amide bonds. The van der Waals surface area contributed by atoms with Crippen molar-refractivity contribution in [2.24, 2.45) is 5.92 Å². The van der Waals surface area contributed by atoms with Gasteiger partial charge in [0.15, 0.2) is 0 Å². The van der Waals surface area contributed by atoms with Gasteiger partial charge in [-0.2, -0.15) is 13.2 Å². The summed E-state index contributed by atoms with van der Waals surface area (Å²) in [5.74, 6) is -1.09. The van der Waals surface area contributed by atoms with E-state index in [0.717, 1.165) is 6.07 Å². The molecule has 4 nitrogen and oxygen atoms in total. The second-order valence-electron chi connectivity index (χ2n) is 6.51. The van der Waals surface area contributed by atoms with Crippen molar-refractivity contribution in [1.82, 2.24) is 5.32 Å². The van der Waals surface area contributed by atoms with Crippen molar-refractivity contribution in [1.29, 1.82) is 0 Å². The van der Waals surface area contributed by atoms with E-state index in [9.17, 15) is 18.0 Å². The zero-order valence-corrected chi connectivity index (χ0v) is 14.2. The number of nitrogens with one attached hydrogen (secondary N) is 1. The Morgan fingerprint density at radius 2 is 2.00 bits per heavy atom. The van der Waals surface area contributed by atoms with Crippen LogP contribution in [0.25, 0.3) is 0 Å². The summed E-state index contributed by atoms with van der Waals surface area (Å²) >= 11 is 0. The van der Waals surface area contributed by atoms with Crippen molar-refractivity contribution in [2.45, 2.75) is 50.4 Å². The number of hydrogen-bond acceptors (Lipinski definition) is 3. The third-order valence-electron chi connectivity index (χ3n) is 4.74. The summed E-state index contributed by atoms with van der Waals surface area (Å²) in [6.45, 7) is 0.429. The summed E-state index contributed by atoms with van der Waals surface area (Å²) in [6.07, 6.45) is -1.23. The maximum atomic E-state index is 13.0. The average molecular weight is 359 g/mol. The molecule has 1 fully saturated rings. The van der Waals surface area contributed by atoms with Gasteiger partial charge in [0.25, 0.3) is 0 Å². The third kappa shape index (κ3) is 5.71. The van der Waals surface area contributed by atoms with Gasteiger partial charge >= 0.3 is 12.1 Å². The Morgan fingerprint density at radius 3 is 2.56 bits per heavy atom. The zero-order chi connectivity index (χ0) is 18.4. The number of carboxylic acids is 1. The lowest BCUT2D eigenvalue weighted by Crippen LogP contribution is -2.37. The summed E-state index contributed by atoms with van der Waals surface area (Å²) in [6, 6.07) is 5.19. The summed E-state index contributed by atoms with van der Waals surface area (Å²) in [5, 5.41) is 12.5. The second-order valence-corrected chi connectivity index (χ2v) is 6.51. The highest BCUT2D eigenvalue weighted by molar-refractivity contribution is 5.70. The Kier molecular flexibility index (Phi) is 6.84. The molecular formula is C18H24F3NO3. The van der Waals surface area contributed by atoms with E-state index in [1.54, 1.807) is 13.2 Å². The van der Waals surface area contributed by atoms with E-state index in [2.05, 4.69) is 5.32 Å². The van der Waals surface area contributed by atoms with Crippen LogP contribution in [0.1, 0.15) is 49.3 Å². The molecule has 1 atom stereocenters. The first-order chi connectivity index (χ1) is 11.8. The van der Waals surface area contributed by atoms with Crippen LogP contribution in [0.3, 0.4) is 0 Å². The van der Waals surface area contributed by atoms with Crippen LogP contribution in [-0.4, -0.2) is 30.8 Å². The molecule has 7 heteroatoms. The van der Waals surface area contributed by atoms with Gasteiger partial charge in [-0.25, -0.2) is 0 Å². The SMILES string of the molecule is COCCC(NC1CCC(C(=O)O)CC1)c1cccc(C(F)(F)F)c1. The summed E-state index contributed by atoms with van der Waals surface area (Å²) < 4.78 is 44.0. The standard InChI is InChI=1S/C18H24F3NO3/c1-25-10-9-16(13-3-2-4-14(11-13)18(19,20)21)22-15-7-5-12(6-8-15)17(23)24/h2-4,11-12,15-16,22H,5-10H2,1H3,(H,23,24). The molecule has 0 aromatic heterocycles. The minimum Gasteiger partial charge on any atom is -0.481 e. The van der Waals surface area contributed by atoms with Gasteiger partial charge in [-0.05, 0) is 49.8 Å². The number of benzene rings is 1. The Hall–Kier alpha value is -1.60. The molecule has 2 rings (SSSR count). The maximum absolute atomic E-state index is 13.0. The van der Waals surface area contributed by atoms with Gasteiger partial charge < -0.3 is 15.2 Å². The van der Waals surface area contributed by atoms with Crippen molar-refractivity contribution < 1.29 is 27.8 Å². The lowest BCUT2D eigenvalue weighted by Gasteiger charge is -2.31.